The van der Waals surface area contributed by atoms with Gasteiger partial charge in [0.05, 0.1) is 6.42 Å². The van der Waals surface area contributed by atoms with Gasteiger partial charge in [-0.25, -0.2) is 9.67 Å². The average Bonchev–Trinajstić information content (AvgIpc) is 2.80. The predicted molar refractivity (Wildman–Crippen MR) is 74.0 cm³/mol. The van der Waals surface area contributed by atoms with Gasteiger partial charge in [0.2, 0.25) is 0 Å². The highest BCUT2D eigenvalue weighted by Crippen LogP contribution is 2.18. The van der Waals surface area contributed by atoms with Gasteiger partial charge < -0.3 is 5.73 Å². The van der Waals surface area contributed by atoms with Crippen LogP contribution in [0.2, 0.25) is 0 Å². The number of aromatic nitrogens is 3. The van der Waals surface area contributed by atoms with Crippen LogP contribution >= 0.6 is 0 Å². The van der Waals surface area contributed by atoms with E-state index in [1.807, 2.05) is 20.8 Å². The first kappa shape index (κ1) is 13.3. The van der Waals surface area contributed by atoms with E-state index in [9.17, 15) is 4.79 Å². The molecular weight excluding hydrogens is 240 g/mol. The monoisotopic (exact) mass is 258 g/mol. The summed E-state index contributed by atoms with van der Waals surface area (Å²) in [5.74, 6) is 0.696. The molecule has 0 aliphatic rings. The average molecular weight is 258 g/mol. The number of benzene rings is 1. The topological polar surface area (TPSA) is 73.8 Å². The molecule has 0 saturated carbocycles. The molecule has 0 unspecified atom stereocenters. The quantitative estimate of drug-likeness (QED) is 0.673. The summed E-state index contributed by atoms with van der Waals surface area (Å²) in [6, 6.07) is 5.57. The van der Waals surface area contributed by atoms with Crippen molar-refractivity contribution in [1.82, 2.24) is 14.8 Å². The van der Waals surface area contributed by atoms with Crippen LogP contribution in [0.4, 0.5) is 5.69 Å². The van der Waals surface area contributed by atoms with E-state index in [-0.39, 0.29) is 18.2 Å². The second kappa shape index (κ2) is 5.22. The molecule has 19 heavy (non-hydrogen) atoms. The lowest BCUT2D eigenvalue weighted by Crippen LogP contribution is -2.14. The number of anilines is 1. The van der Waals surface area contributed by atoms with Crippen molar-refractivity contribution in [1.29, 1.82) is 0 Å². The zero-order valence-corrected chi connectivity index (χ0v) is 11.4. The molecule has 1 heterocycles. The van der Waals surface area contributed by atoms with Crippen molar-refractivity contribution < 1.29 is 4.79 Å². The largest absolute Gasteiger partial charge is 0.398 e. The highest BCUT2D eigenvalue weighted by atomic mass is 16.1. The Morgan fingerprint density at radius 2 is 2.16 bits per heavy atom. The van der Waals surface area contributed by atoms with Gasteiger partial charge in [-0.15, -0.1) is 0 Å². The van der Waals surface area contributed by atoms with Gasteiger partial charge in [0, 0.05) is 17.3 Å². The minimum absolute atomic E-state index is 0.0136. The molecule has 2 rings (SSSR count). The molecule has 1 aromatic carbocycles. The molecule has 0 aliphatic carbocycles. The standard InChI is InChI=1S/C14H18N4O/c1-9(2)18-14(16-8-17-18)7-13(19)11-5-4-6-12(15)10(11)3/h4-6,8-9H,7,15H2,1-3H3. The summed E-state index contributed by atoms with van der Waals surface area (Å²) in [5.41, 5.74) is 7.93. The first-order valence-corrected chi connectivity index (χ1v) is 6.27. The van der Waals surface area contributed by atoms with Gasteiger partial charge in [-0.1, -0.05) is 12.1 Å². The molecule has 0 radical (unpaired) electrons. The van der Waals surface area contributed by atoms with Gasteiger partial charge in [-0.2, -0.15) is 5.10 Å². The molecule has 5 nitrogen and oxygen atoms in total. The fourth-order valence-corrected chi connectivity index (χ4v) is 2.03. The molecule has 0 fully saturated rings. The Kier molecular flexibility index (Phi) is 3.64. The molecule has 0 bridgehead atoms. The Labute approximate surface area is 112 Å². The van der Waals surface area contributed by atoms with Crippen molar-refractivity contribution in [2.24, 2.45) is 0 Å². The van der Waals surface area contributed by atoms with Crippen LogP contribution in [0, 0.1) is 6.92 Å². The Bertz CT molecular complexity index is 601. The molecule has 2 aromatic rings. The predicted octanol–water partition coefficient (Wildman–Crippen LogP) is 2.18. The van der Waals surface area contributed by atoms with Crippen molar-refractivity contribution in [3.63, 3.8) is 0 Å². The molecule has 0 spiro atoms. The van der Waals surface area contributed by atoms with E-state index in [1.165, 1.54) is 6.33 Å². The molecule has 0 amide bonds. The third-order valence-electron chi connectivity index (χ3n) is 3.13. The second-order valence-electron chi connectivity index (χ2n) is 4.83. The zero-order chi connectivity index (χ0) is 14.0. The fourth-order valence-electron chi connectivity index (χ4n) is 2.03. The summed E-state index contributed by atoms with van der Waals surface area (Å²) in [6.07, 6.45) is 1.72. The van der Waals surface area contributed by atoms with E-state index in [4.69, 9.17) is 5.73 Å². The molecule has 1 aromatic heterocycles. The summed E-state index contributed by atoms with van der Waals surface area (Å²) in [6.45, 7) is 5.87. The van der Waals surface area contributed by atoms with Crippen LogP contribution in [0.3, 0.4) is 0 Å². The lowest BCUT2D eigenvalue weighted by atomic mass is 10.0. The maximum atomic E-state index is 12.3. The first-order valence-electron chi connectivity index (χ1n) is 6.27. The van der Waals surface area contributed by atoms with Crippen LogP contribution in [0.15, 0.2) is 24.5 Å². The minimum Gasteiger partial charge on any atom is -0.398 e. The van der Waals surface area contributed by atoms with Crippen LogP contribution in [-0.4, -0.2) is 20.5 Å². The number of hydrogen-bond acceptors (Lipinski definition) is 4. The Hall–Kier alpha value is -2.17. The van der Waals surface area contributed by atoms with E-state index in [2.05, 4.69) is 10.1 Å². The fraction of sp³-hybridized carbons (Fsp3) is 0.357. The SMILES string of the molecule is Cc1c(N)cccc1C(=O)Cc1ncnn1C(C)C. The summed E-state index contributed by atoms with van der Waals surface area (Å²) in [5, 5.41) is 4.13. The number of Topliss-reactive ketones (excluding diaryl/α,β-unsaturated/α-hetero) is 1. The van der Waals surface area contributed by atoms with Gasteiger partial charge in [0.15, 0.2) is 5.78 Å². The number of nitrogens with two attached hydrogens (primary N) is 1. The number of carbonyl (C=O) groups is 1. The van der Waals surface area contributed by atoms with Gasteiger partial charge in [0.25, 0.3) is 0 Å². The smallest absolute Gasteiger partial charge is 0.170 e. The van der Waals surface area contributed by atoms with E-state index < -0.39 is 0 Å². The Balaban J connectivity index is 2.26. The van der Waals surface area contributed by atoms with E-state index in [0.29, 0.717) is 17.1 Å². The van der Waals surface area contributed by atoms with E-state index >= 15 is 0 Å². The summed E-state index contributed by atoms with van der Waals surface area (Å²) < 4.78 is 1.76. The van der Waals surface area contributed by atoms with E-state index in [0.717, 1.165) is 5.56 Å². The number of nitrogen functional groups attached to an aromatic ring is 1. The number of ketones is 1. The normalized spacial score (nSPS) is 10.9. The van der Waals surface area contributed by atoms with Gasteiger partial charge >= 0.3 is 0 Å². The summed E-state index contributed by atoms with van der Waals surface area (Å²) in [4.78, 5) is 16.5. The number of nitrogens with zero attached hydrogens (tertiary/aromatic N) is 3. The van der Waals surface area contributed by atoms with Crippen LogP contribution < -0.4 is 5.73 Å². The molecule has 0 aliphatic heterocycles. The third kappa shape index (κ3) is 2.65. The lowest BCUT2D eigenvalue weighted by molar-refractivity contribution is 0.0988. The van der Waals surface area contributed by atoms with Crippen molar-refractivity contribution in [2.75, 3.05) is 5.73 Å². The number of rotatable bonds is 4. The molecule has 0 saturated heterocycles. The maximum Gasteiger partial charge on any atom is 0.170 e. The van der Waals surface area contributed by atoms with Crippen molar-refractivity contribution in [2.45, 2.75) is 33.2 Å². The third-order valence-corrected chi connectivity index (χ3v) is 3.13. The lowest BCUT2D eigenvalue weighted by Gasteiger charge is -2.10. The van der Waals surface area contributed by atoms with Crippen LogP contribution in [0.5, 0.6) is 0 Å². The van der Waals surface area contributed by atoms with Crippen molar-refractivity contribution >= 4 is 11.5 Å². The van der Waals surface area contributed by atoms with Gasteiger partial charge in [-0.3, -0.25) is 4.79 Å². The molecule has 0 atom stereocenters. The maximum absolute atomic E-state index is 12.3. The zero-order valence-electron chi connectivity index (χ0n) is 11.4. The molecule has 100 valence electrons. The minimum atomic E-state index is 0.0136. The summed E-state index contributed by atoms with van der Waals surface area (Å²) in [7, 11) is 0. The molecular formula is C14H18N4O. The van der Waals surface area contributed by atoms with Gasteiger partial charge in [-0.05, 0) is 32.4 Å². The second-order valence-corrected chi connectivity index (χ2v) is 4.83. The summed E-state index contributed by atoms with van der Waals surface area (Å²) >= 11 is 0. The number of carbonyl (C=O) groups excluding carboxylic acids is 1. The molecule has 5 heteroatoms. The van der Waals surface area contributed by atoms with Crippen molar-refractivity contribution in [3.8, 4) is 0 Å². The highest BCUT2D eigenvalue weighted by molar-refractivity contribution is 5.99. The molecule has 2 N–H and O–H groups in total. The van der Waals surface area contributed by atoms with Crippen LogP contribution in [0.1, 0.15) is 41.6 Å². The van der Waals surface area contributed by atoms with Crippen molar-refractivity contribution in [3.05, 3.63) is 41.5 Å². The van der Waals surface area contributed by atoms with Crippen LogP contribution in [0.25, 0.3) is 0 Å². The van der Waals surface area contributed by atoms with Gasteiger partial charge in [0.1, 0.15) is 12.2 Å². The number of hydrogen-bond donors (Lipinski definition) is 1. The van der Waals surface area contributed by atoms with Crippen LogP contribution in [-0.2, 0) is 6.42 Å². The Morgan fingerprint density at radius 3 is 2.84 bits per heavy atom. The first-order chi connectivity index (χ1) is 9.00. The Morgan fingerprint density at radius 1 is 1.42 bits per heavy atom. The highest BCUT2D eigenvalue weighted by Gasteiger charge is 2.16. The van der Waals surface area contributed by atoms with E-state index in [1.54, 1.807) is 22.9 Å².